The molecule has 0 radical (unpaired) electrons. The number of amides is 4. The predicted octanol–water partition coefficient (Wildman–Crippen LogP) is 11.4. The van der Waals surface area contributed by atoms with E-state index in [1.165, 1.54) is 64.8 Å². The van der Waals surface area contributed by atoms with Gasteiger partial charge in [0, 0.05) is 101 Å². The molecule has 1 N–H and O–H groups in total. The summed E-state index contributed by atoms with van der Waals surface area (Å²) in [5.41, 5.74) is 6.63. The molecule has 0 bridgehead atoms. The summed E-state index contributed by atoms with van der Waals surface area (Å²) in [4.78, 5) is 89.7. The molecular weight excluding hydrogens is 1230 g/mol. The van der Waals surface area contributed by atoms with Crippen molar-refractivity contribution in [2.24, 2.45) is 17.8 Å². The third-order valence-corrected chi connectivity index (χ3v) is 18.7. The quantitative estimate of drug-likeness (QED) is 0.0627. The van der Waals surface area contributed by atoms with Crippen molar-refractivity contribution in [1.82, 2.24) is 48.7 Å². The number of hydrogen-bond donors (Lipinski definition) is 1. The van der Waals surface area contributed by atoms with Gasteiger partial charge in [0.1, 0.15) is 64.5 Å². The number of hydrogen-bond acceptors (Lipinski definition) is 13. The van der Waals surface area contributed by atoms with E-state index in [9.17, 15) is 37.1 Å². The topological polar surface area (TPSA) is 209 Å². The third kappa shape index (κ3) is 15.9. The lowest BCUT2D eigenvalue weighted by molar-refractivity contribution is -0.125. The van der Waals surface area contributed by atoms with E-state index >= 15 is 0 Å². The maximum absolute atomic E-state index is 13.7. The largest absolute Gasteiger partial charge is 0.480 e. The SMILES string of the molecule is COCn1cc(C(=O)C(=O)N2CCCC2)c2cc(C(=O)N3CCC(Cc4ccc(F)cc4)CC3)c(OC)nc21.COCn1ccc2cc(C(=O)N3CCC(Cc4ccc(F)cc4)CC3)c(OC)nc21.COc1nc2[nH]ccc2cc1C(=O)N1CCC(Cc2ccc(F)cc2)CC1. The molecule has 96 heavy (non-hydrogen) atoms. The molecule has 9 aromatic rings. The average molecular weight is 1320 g/mol. The van der Waals surface area contributed by atoms with E-state index in [1.807, 2.05) is 81.2 Å². The van der Waals surface area contributed by atoms with Gasteiger partial charge >= 0.3 is 0 Å². The van der Waals surface area contributed by atoms with E-state index < -0.39 is 11.7 Å². The minimum atomic E-state index is -0.622. The molecule has 6 aromatic heterocycles. The summed E-state index contributed by atoms with van der Waals surface area (Å²) >= 11 is 0. The van der Waals surface area contributed by atoms with Crippen LogP contribution in [0.4, 0.5) is 13.2 Å². The number of nitrogens with one attached hydrogen (secondary N) is 1. The van der Waals surface area contributed by atoms with Gasteiger partial charge in [0.05, 0.1) is 26.9 Å². The van der Waals surface area contributed by atoms with Gasteiger partial charge in [0.15, 0.2) is 0 Å². The Hall–Kier alpha value is -9.61. The van der Waals surface area contributed by atoms with Crippen molar-refractivity contribution >= 4 is 62.5 Å². The number of pyridine rings is 3. The number of carbonyl (C=O) groups excluding carboxylic acids is 5. The fraction of sp³-hybridized carbons (Fsp3) is 0.397. The maximum Gasteiger partial charge on any atom is 0.295 e. The van der Waals surface area contributed by atoms with Gasteiger partial charge in [-0.1, -0.05) is 36.4 Å². The zero-order valence-electron chi connectivity index (χ0n) is 54.9. The average Bonchev–Trinajstić information content (AvgIpc) is 1.58. The smallest absolute Gasteiger partial charge is 0.295 e. The molecule has 4 fully saturated rings. The van der Waals surface area contributed by atoms with Gasteiger partial charge in [-0.2, -0.15) is 15.0 Å². The van der Waals surface area contributed by atoms with Crippen LogP contribution in [0.2, 0.25) is 0 Å². The third-order valence-electron chi connectivity index (χ3n) is 18.7. The molecule has 0 aliphatic carbocycles. The summed E-state index contributed by atoms with van der Waals surface area (Å²) in [6.45, 7) is 5.56. The first-order valence-electron chi connectivity index (χ1n) is 32.7. The van der Waals surface area contributed by atoms with Gasteiger partial charge in [-0.05, 0) is 172 Å². The van der Waals surface area contributed by atoms with Crippen LogP contribution >= 0.6 is 0 Å². The van der Waals surface area contributed by atoms with Crippen LogP contribution in [0.25, 0.3) is 33.1 Å². The Labute approximate surface area is 555 Å². The second-order valence-electron chi connectivity index (χ2n) is 25.0. The molecule has 23 heteroatoms. The number of nitrogens with zero attached hydrogens (tertiary/aromatic N) is 9. The lowest BCUT2D eigenvalue weighted by atomic mass is 9.90. The van der Waals surface area contributed by atoms with Crippen LogP contribution in [0, 0.1) is 35.2 Å². The zero-order chi connectivity index (χ0) is 67.4. The lowest BCUT2D eigenvalue weighted by Crippen LogP contribution is -2.39. The van der Waals surface area contributed by atoms with Crippen LogP contribution < -0.4 is 14.2 Å². The van der Waals surface area contributed by atoms with Crippen LogP contribution in [0.5, 0.6) is 17.6 Å². The van der Waals surface area contributed by atoms with Crippen molar-refractivity contribution in [3.05, 3.63) is 178 Å². The zero-order valence-corrected chi connectivity index (χ0v) is 54.9. The molecule has 10 heterocycles. The minimum absolute atomic E-state index is 0.0392. The second kappa shape index (κ2) is 31.3. The van der Waals surface area contributed by atoms with E-state index in [-0.39, 0.29) is 58.9 Å². The summed E-state index contributed by atoms with van der Waals surface area (Å²) in [5.74, 6) is 0.0664. The number of benzene rings is 3. The number of aromatic amines is 1. The molecule has 0 spiro atoms. The molecule has 4 aliphatic rings. The fourth-order valence-electron chi connectivity index (χ4n) is 13.4. The number of ether oxygens (including phenoxy) is 5. The molecule has 0 saturated carbocycles. The molecule has 4 amide bonds. The number of rotatable bonds is 18. The van der Waals surface area contributed by atoms with Crippen molar-refractivity contribution in [3.63, 3.8) is 0 Å². The van der Waals surface area contributed by atoms with E-state index in [0.29, 0.717) is 116 Å². The molecular formula is C73H81F3N10O10. The molecule has 20 nitrogen and oxygen atoms in total. The van der Waals surface area contributed by atoms with Crippen LogP contribution in [0.15, 0.2) is 122 Å². The number of methoxy groups -OCH3 is 5. The second-order valence-corrected chi connectivity index (χ2v) is 25.0. The predicted molar refractivity (Wildman–Crippen MR) is 356 cm³/mol. The molecule has 4 saturated heterocycles. The van der Waals surface area contributed by atoms with Crippen molar-refractivity contribution in [2.45, 2.75) is 84.1 Å². The number of carbonyl (C=O) groups is 5. The Kier molecular flexibility index (Phi) is 22.1. The highest BCUT2D eigenvalue weighted by Gasteiger charge is 2.33. The molecule has 0 atom stereocenters. The van der Waals surface area contributed by atoms with Gasteiger partial charge in [-0.3, -0.25) is 24.0 Å². The van der Waals surface area contributed by atoms with Gasteiger partial charge in [-0.25, -0.2) is 13.2 Å². The maximum atomic E-state index is 13.7. The number of ketones is 1. The van der Waals surface area contributed by atoms with Crippen LogP contribution in [0.1, 0.15) is 109 Å². The Balaban J connectivity index is 0.000000149. The number of likely N-dealkylation sites (tertiary alicyclic amines) is 4. The number of halogens is 3. The summed E-state index contributed by atoms with van der Waals surface area (Å²) in [6, 6.07) is 29.1. The first kappa shape index (κ1) is 67.8. The lowest BCUT2D eigenvalue weighted by Gasteiger charge is -2.32. The van der Waals surface area contributed by atoms with E-state index in [0.717, 1.165) is 104 Å². The van der Waals surface area contributed by atoms with E-state index in [1.54, 1.807) is 39.9 Å². The normalized spacial score (nSPS) is 15.5. The molecule has 3 aromatic carbocycles. The van der Waals surface area contributed by atoms with Crippen molar-refractivity contribution in [3.8, 4) is 17.6 Å². The number of H-pyrrole nitrogens is 1. The van der Waals surface area contributed by atoms with Crippen LogP contribution in [-0.2, 0) is 47.0 Å². The number of piperidine rings is 3. The summed E-state index contributed by atoms with van der Waals surface area (Å²) in [6.07, 6.45) is 15.0. The Morgan fingerprint density at radius 3 is 1.30 bits per heavy atom. The Morgan fingerprint density at radius 1 is 0.458 bits per heavy atom. The van der Waals surface area contributed by atoms with Crippen molar-refractivity contribution < 1.29 is 60.8 Å². The summed E-state index contributed by atoms with van der Waals surface area (Å²) in [5, 5.41) is 2.19. The van der Waals surface area contributed by atoms with E-state index in [4.69, 9.17) is 23.7 Å². The van der Waals surface area contributed by atoms with Gasteiger partial charge in [0.25, 0.3) is 29.4 Å². The Morgan fingerprint density at radius 2 is 0.865 bits per heavy atom. The molecule has 504 valence electrons. The van der Waals surface area contributed by atoms with Crippen LogP contribution in [-0.4, -0.2) is 166 Å². The van der Waals surface area contributed by atoms with Crippen molar-refractivity contribution in [2.75, 3.05) is 87.9 Å². The van der Waals surface area contributed by atoms with Crippen LogP contribution in [0.3, 0.4) is 0 Å². The van der Waals surface area contributed by atoms with Gasteiger partial charge < -0.3 is 57.4 Å². The first-order chi connectivity index (χ1) is 46.6. The Bertz CT molecular complexity index is 4180. The monoisotopic (exact) mass is 1310 g/mol. The standard InChI is InChI=1S/C29H33FN4O5.C23H26FN3O3.C21H22FN3O2/c1-38-18-34-17-24(25(35)29(37)32-11-3-4-12-32)22-16-23(27(39-2)31-26(22)34)28(36)33-13-9-20(10-14-33)15-19-5-7-21(30)8-6-19;1-29-15-27-12-9-18-14-20(22(30-2)25-21(18)27)23(28)26-10-7-17(8-11-26)13-16-3-5-19(24)6-4-16;1-27-20-18(13-16-6-9-23-19(16)24-20)21(26)25-10-7-15(8-11-25)12-14-2-4-17(22)5-3-14/h5-8,16-17,20H,3-4,9-15,18H2,1-2H3;3-6,9,12,14,17H,7-8,10-11,13,15H2,1-2H3;2-6,9,13,15H,7-8,10-12H2,1H3,(H,23,24). The molecule has 13 rings (SSSR count). The number of aromatic nitrogens is 6. The number of Topliss-reactive ketones (excluding diaryl/α,β-unsaturated/α-hetero) is 1. The highest BCUT2D eigenvalue weighted by molar-refractivity contribution is 6.45. The van der Waals surface area contributed by atoms with Crippen molar-refractivity contribution in [1.29, 1.82) is 0 Å². The number of fused-ring (bicyclic) bond motifs is 3. The van der Waals surface area contributed by atoms with Gasteiger partial charge in [-0.15, -0.1) is 0 Å². The highest BCUT2D eigenvalue weighted by Crippen LogP contribution is 2.33. The minimum Gasteiger partial charge on any atom is -0.480 e. The summed E-state index contributed by atoms with van der Waals surface area (Å²) < 4.78 is 69.6. The van der Waals surface area contributed by atoms with E-state index in [2.05, 4.69) is 19.9 Å². The molecule has 0 unspecified atom stereocenters. The fourth-order valence-corrected chi connectivity index (χ4v) is 13.4. The summed E-state index contributed by atoms with van der Waals surface area (Å²) in [7, 11) is 7.66. The highest BCUT2D eigenvalue weighted by atomic mass is 19.1. The molecule has 4 aliphatic heterocycles. The van der Waals surface area contributed by atoms with Gasteiger partial charge in [0.2, 0.25) is 17.6 Å². The first-order valence-corrected chi connectivity index (χ1v) is 32.7.